The number of carbonyl (C=O) groups is 1. The van der Waals surface area contributed by atoms with Crippen molar-refractivity contribution in [2.75, 3.05) is 52.5 Å². The van der Waals surface area contributed by atoms with Gasteiger partial charge in [-0.25, -0.2) is 0 Å². The van der Waals surface area contributed by atoms with E-state index >= 15 is 0 Å². The molecule has 1 fully saturated rings. The number of rotatable bonds is 13. The number of halogens is 2. The quantitative estimate of drug-likeness (QED) is 0.172. The van der Waals surface area contributed by atoms with Gasteiger partial charge in [0.05, 0.1) is 19.1 Å². The van der Waals surface area contributed by atoms with Crippen molar-refractivity contribution in [1.29, 1.82) is 0 Å². The molecule has 1 aliphatic heterocycles. The van der Waals surface area contributed by atoms with Crippen LogP contribution in [-0.4, -0.2) is 73.3 Å². The molecule has 0 amide bonds. The molecule has 1 saturated heterocycles. The minimum atomic E-state index is -0.741. The van der Waals surface area contributed by atoms with Crippen LogP contribution in [0, 0.1) is 16.0 Å². The average Bonchev–Trinajstić information content (AvgIpc) is 2.74. The fraction of sp³-hybridized carbons (Fsp3) is 0.696. The number of hydrogen-bond acceptors (Lipinski definition) is 7. The minimum absolute atomic E-state index is 0. The van der Waals surface area contributed by atoms with Crippen LogP contribution in [-0.2, 0) is 20.8 Å². The van der Waals surface area contributed by atoms with Crippen molar-refractivity contribution in [1.82, 2.24) is 9.80 Å². The largest absolute Gasteiger partial charge is 0.465 e. The van der Waals surface area contributed by atoms with Gasteiger partial charge in [0.15, 0.2) is 0 Å². The lowest BCUT2D eigenvalue weighted by Gasteiger charge is -2.34. The Labute approximate surface area is 209 Å². The fourth-order valence-electron chi connectivity index (χ4n) is 3.80. The number of nitrogens with zero attached hydrogens (tertiary/aromatic N) is 3. The van der Waals surface area contributed by atoms with Gasteiger partial charge in [-0.05, 0) is 43.2 Å². The molecule has 33 heavy (non-hydrogen) atoms. The number of ether oxygens (including phenoxy) is 1. The summed E-state index contributed by atoms with van der Waals surface area (Å²) in [5.41, 5.74) is 2.29. The second-order valence-corrected chi connectivity index (χ2v) is 8.68. The third-order valence-electron chi connectivity index (χ3n) is 5.62. The highest BCUT2D eigenvalue weighted by atomic mass is 35.5. The van der Waals surface area contributed by atoms with Crippen molar-refractivity contribution in [3.63, 3.8) is 0 Å². The molecule has 0 radical (unpaired) electrons. The van der Waals surface area contributed by atoms with Crippen molar-refractivity contribution in [2.45, 2.75) is 46.0 Å². The van der Waals surface area contributed by atoms with Gasteiger partial charge in [0.2, 0.25) is 0 Å². The number of benzene rings is 1. The van der Waals surface area contributed by atoms with Crippen molar-refractivity contribution in [3.8, 4) is 0 Å². The Bertz CT molecular complexity index is 683. The van der Waals surface area contributed by atoms with Gasteiger partial charge in [-0.15, -0.1) is 34.9 Å². The van der Waals surface area contributed by atoms with Crippen LogP contribution in [0.25, 0.3) is 0 Å². The Balaban J connectivity index is 0.00000512. The predicted molar refractivity (Wildman–Crippen MR) is 134 cm³/mol. The maximum atomic E-state index is 12.4. The zero-order valence-corrected chi connectivity index (χ0v) is 21.6. The normalized spacial score (nSPS) is 15.3. The predicted octanol–water partition coefficient (Wildman–Crippen LogP) is 3.98. The molecule has 1 aromatic rings. The van der Waals surface area contributed by atoms with E-state index in [9.17, 15) is 14.9 Å². The van der Waals surface area contributed by atoms with E-state index in [0.717, 1.165) is 57.7 Å². The van der Waals surface area contributed by atoms with Gasteiger partial charge in [-0.3, -0.25) is 4.79 Å². The van der Waals surface area contributed by atoms with Crippen LogP contribution in [0.1, 0.15) is 50.7 Å². The molecule has 0 N–H and O–H groups in total. The van der Waals surface area contributed by atoms with Crippen LogP contribution < -0.4 is 0 Å². The molecule has 1 unspecified atom stereocenters. The smallest absolute Gasteiger partial charge is 0.313 e. The lowest BCUT2D eigenvalue weighted by molar-refractivity contribution is -0.757. The van der Waals surface area contributed by atoms with E-state index in [1.54, 1.807) is 0 Å². The standard InChI is InChI=1S/C23H37N3O5.2ClH/c1-19(2)18-21-6-8-22(9-7-21)20(3)23(27)30-16-4-10-24-12-14-25(15-13-24)11-5-17-31-26(28)29;;/h6-9,19-20H,4-5,10-18H2,1-3H3;2*1H. The third-order valence-corrected chi connectivity index (χ3v) is 5.62. The Morgan fingerprint density at radius 1 is 0.970 bits per heavy atom. The van der Waals surface area contributed by atoms with Gasteiger partial charge >= 0.3 is 5.97 Å². The summed E-state index contributed by atoms with van der Waals surface area (Å²) in [5, 5.41) is 9.40. The average molecular weight is 508 g/mol. The molecule has 0 bridgehead atoms. The first-order valence-electron chi connectivity index (χ1n) is 11.3. The molecule has 0 spiro atoms. The fourth-order valence-corrected chi connectivity index (χ4v) is 3.80. The molecule has 10 heteroatoms. The highest BCUT2D eigenvalue weighted by Gasteiger charge is 2.18. The maximum Gasteiger partial charge on any atom is 0.313 e. The van der Waals surface area contributed by atoms with E-state index in [-0.39, 0.29) is 43.3 Å². The first-order valence-corrected chi connectivity index (χ1v) is 11.3. The van der Waals surface area contributed by atoms with E-state index in [4.69, 9.17) is 4.74 Å². The second kappa shape index (κ2) is 16.9. The molecule has 0 aliphatic carbocycles. The number of hydrogen-bond donors (Lipinski definition) is 0. The summed E-state index contributed by atoms with van der Waals surface area (Å²) in [7, 11) is 0. The third kappa shape index (κ3) is 12.4. The van der Waals surface area contributed by atoms with E-state index in [2.05, 4.69) is 40.6 Å². The van der Waals surface area contributed by atoms with Gasteiger partial charge in [0.1, 0.15) is 0 Å². The highest BCUT2D eigenvalue weighted by molar-refractivity contribution is 5.85. The van der Waals surface area contributed by atoms with Crippen LogP contribution >= 0.6 is 24.8 Å². The lowest BCUT2D eigenvalue weighted by Crippen LogP contribution is -2.47. The molecule has 190 valence electrons. The lowest BCUT2D eigenvalue weighted by atomic mass is 9.97. The monoisotopic (exact) mass is 507 g/mol. The first-order chi connectivity index (χ1) is 14.8. The van der Waals surface area contributed by atoms with Crippen LogP contribution in [0.4, 0.5) is 0 Å². The molecule has 0 aromatic heterocycles. The molecule has 2 rings (SSSR count). The molecule has 1 aliphatic rings. The number of piperazine rings is 1. The van der Waals surface area contributed by atoms with E-state index in [1.165, 1.54) is 5.56 Å². The summed E-state index contributed by atoms with van der Waals surface area (Å²) in [6.45, 7) is 12.4. The molecule has 1 atom stereocenters. The molecule has 0 saturated carbocycles. The Morgan fingerprint density at radius 2 is 1.48 bits per heavy atom. The van der Waals surface area contributed by atoms with Gasteiger partial charge in [0, 0.05) is 39.3 Å². The van der Waals surface area contributed by atoms with Crippen LogP contribution in [0.3, 0.4) is 0 Å². The first kappa shape index (κ1) is 31.4. The van der Waals surface area contributed by atoms with Crippen molar-refractivity contribution in [2.24, 2.45) is 5.92 Å². The zero-order valence-electron chi connectivity index (χ0n) is 19.9. The Kier molecular flexibility index (Phi) is 16.1. The Hall–Kier alpha value is -1.61. The maximum absolute atomic E-state index is 12.4. The van der Waals surface area contributed by atoms with Crippen molar-refractivity contribution in [3.05, 3.63) is 45.5 Å². The van der Waals surface area contributed by atoms with Gasteiger partial charge < -0.3 is 19.4 Å². The topological polar surface area (TPSA) is 85.2 Å². The van der Waals surface area contributed by atoms with Gasteiger partial charge in [-0.2, -0.15) is 0 Å². The van der Waals surface area contributed by atoms with Crippen molar-refractivity contribution < 1.29 is 19.5 Å². The van der Waals surface area contributed by atoms with Gasteiger partial charge in [0.25, 0.3) is 5.09 Å². The summed E-state index contributed by atoms with van der Waals surface area (Å²) >= 11 is 0. The summed E-state index contributed by atoms with van der Waals surface area (Å²) in [6.07, 6.45) is 2.53. The summed E-state index contributed by atoms with van der Waals surface area (Å²) < 4.78 is 5.51. The van der Waals surface area contributed by atoms with E-state index < -0.39 is 5.09 Å². The summed E-state index contributed by atoms with van der Waals surface area (Å²) in [4.78, 5) is 31.5. The summed E-state index contributed by atoms with van der Waals surface area (Å²) in [6, 6.07) is 8.28. The summed E-state index contributed by atoms with van der Waals surface area (Å²) in [5.74, 6) is 0.195. The van der Waals surface area contributed by atoms with Crippen LogP contribution in [0.2, 0.25) is 0 Å². The Morgan fingerprint density at radius 3 is 1.97 bits per heavy atom. The number of carbonyl (C=O) groups excluding carboxylic acids is 1. The van der Waals surface area contributed by atoms with Crippen LogP contribution in [0.15, 0.2) is 24.3 Å². The SMILES string of the molecule is CC(C)Cc1ccc(C(C)C(=O)OCCCN2CCN(CCCO[N+](=O)[O-])CC2)cc1.Cl.Cl. The second-order valence-electron chi connectivity index (χ2n) is 8.68. The van der Waals surface area contributed by atoms with E-state index in [1.807, 2.05) is 19.1 Å². The molecule has 8 nitrogen and oxygen atoms in total. The minimum Gasteiger partial charge on any atom is -0.465 e. The molecular weight excluding hydrogens is 469 g/mol. The molecule has 1 aromatic carbocycles. The van der Waals surface area contributed by atoms with E-state index in [0.29, 0.717) is 18.9 Å². The molecule has 1 heterocycles. The van der Waals surface area contributed by atoms with Crippen molar-refractivity contribution >= 4 is 30.8 Å². The zero-order chi connectivity index (χ0) is 22.6. The van der Waals surface area contributed by atoms with Gasteiger partial charge in [-0.1, -0.05) is 38.1 Å². The molecular formula is C23H39Cl2N3O5. The highest BCUT2D eigenvalue weighted by Crippen LogP contribution is 2.19. The van der Waals surface area contributed by atoms with Crippen LogP contribution in [0.5, 0.6) is 0 Å². The number of esters is 1.